The van der Waals surface area contributed by atoms with Crippen LogP contribution in [0.2, 0.25) is 0 Å². The van der Waals surface area contributed by atoms with Gasteiger partial charge in [0.05, 0.1) is 43.2 Å². The van der Waals surface area contributed by atoms with Crippen molar-refractivity contribution < 1.29 is 38.0 Å². The highest BCUT2D eigenvalue weighted by molar-refractivity contribution is 5.92. The predicted octanol–water partition coefficient (Wildman–Crippen LogP) is 4.57. The largest absolute Gasteiger partial charge is 0.491 e. The van der Waals surface area contributed by atoms with Crippen LogP contribution in [0.3, 0.4) is 0 Å². The Kier molecular flexibility index (Phi) is 7.58. The van der Waals surface area contributed by atoms with Crippen molar-refractivity contribution in [3.05, 3.63) is 89.0 Å². The van der Waals surface area contributed by atoms with E-state index >= 15 is 0 Å². The fourth-order valence-corrected chi connectivity index (χ4v) is 4.25. The van der Waals surface area contributed by atoms with Crippen LogP contribution < -0.4 is 14.2 Å². The molecule has 3 atom stereocenters. The summed E-state index contributed by atoms with van der Waals surface area (Å²) in [6, 6.07) is 19.4. The van der Waals surface area contributed by atoms with Crippen LogP contribution in [-0.2, 0) is 27.1 Å². The standard InChI is InChI=1S/C31H30O8/c32-30(21-5-9-24(10-6-21)34-18-28-19-37-28)38-25-12-13-29(22(15-25)7-11-27-17-36-27)39-31(33)23-3-1-2-20(14-23)4-8-26-16-35-26/h1-3,5-6,9-10,12-15,26-28H,4,7-8,11,16-19H2. The number of benzene rings is 3. The maximum atomic E-state index is 13.0. The maximum Gasteiger partial charge on any atom is 0.343 e. The molecule has 8 nitrogen and oxygen atoms in total. The van der Waals surface area contributed by atoms with Gasteiger partial charge < -0.3 is 28.4 Å². The molecule has 3 fully saturated rings. The predicted molar refractivity (Wildman–Crippen MR) is 141 cm³/mol. The smallest absolute Gasteiger partial charge is 0.343 e. The third kappa shape index (κ3) is 7.44. The Labute approximate surface area is 226 Å². The van der Waals surface area contributed by atoms with Crippen LogP contribution in [0.15, 0.2) is 66.7 Å². The third-order valence-electron chi connectivity index (χ3n) is 6.83. The first-order valence-electron chi connectivity index (χ1n) is 13.3. The molecule has 0 N–H and O–H groups in total. The third-order valence-corrected chi connectivity index (χ3v) is 6.83. The first-order valence-corrected chi connectivity index (χ1v) is 13.3. The highest BCUT2D eigenvalue weighted by Crippen LogP contribution is 2.29. The fourth-order valence-electron chi connectivity index (χ4n) is 4.25. The molecule has 0 spiro atoms. The summed E-state index contributed by atoms with van der Waals surface area (Å²) in [5, 5.41) is 0. The number of hydrogen-bond acceptors (Lipinski definition) is 8. The Hall–Kier alpha value is -3.72. The van der Waals surface area contributed by atoms with E-state index in [2.05, 4.69) is 0 Å². The number of carbonyl (C=O) groups is 2. The molecule has 0 saturated carbocycles. The molecule has 3 saturated heterocycles. The van der Waals surface area contributed by atoms with E-state index in [1.807, 2.05) is 18.2 Å². The van der Waals surface area contributed by atoms with E-state index in [0.717, 1.165) is 50.2 Å². The molecule has 0 aliphatic carbocycles. The number of ether oxygens (including phenoxy) is 6. The Morgan fingerprint density at radius 2 is 1.36 bits per heavy atom. The Balaban J connectivity index is 1.11. The van der Waals surface area contributed by atoms with Crippen LogP contribution in [-0.4, -0.2) is 56.7 Å². The van der Waals surface area contributed by atoms with Gasteiger partial charge in [0.25, 0.3) is 0 Å². The molecule has 6 rings (SSSR count). The molecular formula is C31H30O8. The highest BCUT2D eigenvalue weighted by atomic mass is 16.6. The van der Waals surface area contributed by atoms with E-state index < -0.39 is 11.9 Å². The van der Waals surface area contributed by atoms with Gasteiger partial charge in [-0.25, -0.2) is 9.59 Å². The van der Waals surface area contributed by atoms with Crippen molar-refractivity contribution >= 4 is 11.9 Å². The molecule has 3 unspecified atom stereocenters. The lowest BCUT2D eigenvalue weighted by Crippen LogP contribution is -2.12. The zero-order chi connectivity index (χ0) is 26.6. The van der Waals surface area contributed by atoms with Crippen LogP contribution in [0, 0.1) is 0 Å². The molecule has 0 amide bonds. The second-order valence-corrected chi connectivity index (χ2v) is 10.0. The van der Waals surface area contributed by atoms with Crippen LogP contribution in [0.5, 0.6) is 17.2 Å². The Morgan fingerprint density at radius 3 is 2.08 bits per heavy atom. The van der Waals surface area contributed by atoms with E-state index in [9.17, 15) is 9.59 Å². The van der Waals surface area contributed by atoms with Crippen LogP contribution >= 0.6 is 0 Å². The van der Waals surface area contributed by atoms with Crippen molar-refractivity contribution in [2.24, 2.45) is 0 Å². The van der Waals surface area contributed by atoms with E-state index in [-0.39, 0.29) is 12.2 Å². The molecule has 0 aromatic heterocycles. The second-order valence-electron chi connectivity index (χ2n) is 10.0. The monoisotopic (exact) mass is 530 g/mol. The molecular weight excluding hydrogens is 500 g/mol. The number of aryl methyl sites for hydroxylation is 2. The maximum absolute atomic E-state index is 13.0. The normalized spacial score (nSPS) is 20.7. The quantitative estimate of drug-likeness (QED) is 0.180. The van der Waals surface area contributed by atoms with E-state index in [1.54, 1.807) is 48.5 Å². The number of epoxide rings is 3. The lowest BCUT2D eigenvalue weighted by atomic mass is 10.0. The minimum atomic E-state index is -0.485. The first-order chi connectivity index (χ1) is 19.1. The molecule has 3 aliphatic heterocycles. The van der Waals surface area contributed by atoms with Gasteiger partial charge in [-0.2, -0.15) is 0 Å². The SMILES string of the molecule is O=C(Oc1ccc(OC(=O)c2cccc(CCC3CO3)c2)c(CCC2CO2)c1)c1ccc(OCC2CO2)cc1. The van der Waals surface area contributed by atoms with E-state index in [4.69, 9.17) is 28.4 Å². The van der Waals surface area contributed by atoms with Crippen molar-refractivity contribution in [3.63, 3.8) is 0 Å². The zero-order valence-corrected chi connectivity index (χ0v) is 21.5. The Morgan fingerprint density at radius 1 is 0.692 bits per heavy atom. The van der Waals surface area contributed by atoms with Crippen molar-refractivity contribution in [1.29, 1.82) is 0 Å². The van der Waals surface area contributed by atoms with Crippen molar-refractivity contribution in [2.45, 2.75) is 44.0 Å². The van der Waals surface area contributed by atoms with Crippen LogP contribution in [0.25, 0.3) is 0 Å². The summed E-state index contributed by atoms with van der Waals surface area (Å²) in [6.07, 6.45) is 3.91. The van der Waals surface area contributed by atoms with Gasteiger partial charge in [-0.05, 0) is 91.4 Å². The number of rotatable bonds is 13. The molecule has 8 heteroatoms. The Bertz CT molecular complexity index is 1320. The summed E-state index contributed by atoms with van der Waals surface area (Å²) < 4.78 is 32.9. The molecule has 202 valence electrons. The summed E-state index contributed by atoms with van der Waals surface area (Å²) in [5.74, 6) is 0.575. The van der Waals surface area contributed by atoms with Crippen molar-refractivity contribution in [2.75, 3.05) is 26.4 Å². The molecule has 3 aliphatic rings. The minimum Gasteiger partial charge on any atom is -0.491 e. The second kappa shape index (κ2) is 11.6. The zero-order valence-electron chi connectivity index (χ0n) is 21.5. The number of esters is 2. The van der Waals surface area contributed by atoms with Gasteiger partial charge in [-0.1, -0.05) is 12.1 Å². The molecule has 3 aromatic rings. The number of hydrogen-bond donors (Lipinski definition) is 0. The lowest BCUT2D eigenvalue weighted by molar-refractivity contribution is 0.0718. The fraction of sp³-hybridized carbons (Fsp3) is 0.355. The van der Waals surface area contributed by atoms with Crippen molar-refractivity contribution in [3.8, 4) is 17.2 Å². The average Bonchev–Trinajstić information content (AvgIpc) is 3.81. The van der Waals surface area contributed by atoms with Gasteiger partial charge in [0, 0.05) is 0 Å². The van der Waals surface area contributed by atoms with Crippen LogP contribution in [0.4, 0.5) is 0 Å². The van der Waals surface area contributed by atoms with Crippen LogP contribution in [0.1, 0.15) is 44.7 Å². The van der Waals surface area contributed by atoms with Crippen molar-refractivity contribution in [1.82, 2.24) is 0 Å². The van der Waals surface area contributed by atoms with Gasteiger partial charge in [0.15, 0.2) is 0 Å². The summed E-state index contributed by atoms with van der Waals surface area (Å²) in [4.78, 5) is 25.8. The molecule has 0 bridgehead atoms. The van der Waals surface area contributed by atoms with Gasteiger partial charge in [0.1, 0.15) is 30.0 Å². The lowest BCUT2D eigenvalue weighted by Gasteiger charge is -2.13. The summed E-state index contributed by atoms with van der Waals surface area (Å²) in [7, 11) is 0. The molecule has 39 heavy (non-hydrogen) atoms. The number of carbonyl (C=O) groups excluding carboxylic acids is 2. The summed E-state index contributed by atoms with van der Waals surface area (Å²) in [6.45, 7) is 2.77. The minimum absolute atomic E-state index is 0.162. The van der Waals surface area contributed by atoms with E-state index in [1.165, 1.54) is 0 Å². The molecule has 0 radical (unpaired) electrons. The summed E-state index contributed by atoms with van der Waals surface area (Å²) in [5.41, 5.74) is 2.75. The highest BCUT2D eigenvalue weighted by Gasteiger charge is 2.25. The molecule has 3 aromatic carbocycles. The van der Waals surface area contributed by atoms with E-state index in [0.29, 0.717) is 47.5 Å². The first kappa shape index (κ1) is 25.6. The summed E-state index contributed by atoms with van der Waals surface area (Å²) >= 11 is 0. The van der Waals surface area contributed by atoms with Gasteiger partial charge in [-0.3, -0.25) is 0 Å². The average molecular weight is 531 g/mol. The molecule has 3 heterocycles. The van der Waals surface area contributed by atoms with Gasteiger partial charge in [0.2, 0.25) is 0 Å². The van der Waals surface area contributed by atoms with Gasteiger partial charge in [-0.15, -0.1) is 0 Å². The van der Waals surface area contributed by atoms with Gasteiger partial charge >= 0.3 is 11.9 Å². The topological polar surface area (TPSA) is 99.4 Å².